The molecule has 0 fully saturated rings. The number of allylic oxidation sites excluding steroid dienone is 1. The summed E-state index contributed by atoms with van der Waals surface area (Å²) in [7, 11) is 1.45. The van der Waals surface area contributed by atoms with E-state index in [1.807, 2.05) is 0 Å². The maximum absolute atomic E-state index is 12.5. The fourth-order valence-electron chi connectivity index (χ4n) is 0.996. The molecule has 0 amide bonds. The van der Waals surface area contributed by atoms with E-state index in [9.17, 15) is 13.2 Å². The SMILES string of the molecule is CO/N=C(/C)c1cnc(SCCC(F)=C(F)F)s1. The van der Waals surface area contributed by atoms with Crippen molar-refractivity contribution in [1.82, 2.24) is 4.98 Å². The van der Waals surface area contributed by atoms with Gasteiger partial charge in [-0.25, -0.2) is 9.37 Å². The van der Waals surface area contributed by atoms with Crippen LogP contribution < -0.4 is 0 Å². The summed E-state index contributed by atoms with van der Waals surface area (Å²) in [4.78, 5) is 9.53. The quantitative estimate of drug-likeness (QED) is 0.451. The van der Waals surface area contributed by atoms with E-state index in [1.54, 1.807) is 13.1 Å². The third kappa shape index (κ3) is 4.69. The van der Waals surface area contributed by atoms with Crippen molar-refractivity contribution >= 4 is 28.8 Å². The van der Waals surface area contributed by atoms with Crippen LogP contribution >= 0.6 is 23.1 Å². The molecule has 0 N–H and O–H groups in total. The van der Waals surface area contributed by atoms with Gasteiger partial charge in [-0.2, -0.15) is 8.78 Å². The van der Waals surface area contributed by atoms with Crippen LogP contribution in [0.5, 0.6) is 0 Å². The molecular formula is C10H11F3N2OS2. The average molecular weight is 296 g/mol. The summed E-state index contributed by atoms with van der Waals surface area (Å²) in [5.74, 6) is -1.15. The maximum atomic E-state index is 12.5. The highest BCUT2D eigenvalue weighted by Gasteiger charge is 2.08. The fourth-order valence-corrected chi connectivity index (χ4v) is 2.92. The number of thiazole rings is 1. The molecule has 0 aliphatic heterocycles. The Morgan fingerprint density at radius 1 is 1.50 bits per heavy atom. The Kier molecular flexibility index (Phi) is 6.20. The lowest BCUT2D eigenvalue weighted by Crippen LogP contribution is -1.90. The Balaban J connectivity index is 2.50. The Morgan fingerprint density at radius 3 is 2.83 bits per heavy atom. The van der Waals surface area contributed by atoms with Crippen LogP contribution in [0.1, 0.15) is 18.2 Å². The molecule has 18 heavy (non-hydrogen) atoms. The molecule has 1 aromatic rings. The van der Waals surface area contributed by atoms with Gasteiger partial charge in [-0.05, 0) is 6.92 Å². The molecule has 0 aliphatic rings. The minimum atomic E-state index is -2.25. The lowest BCUT2D eigenvalue weighted by Gasteiger charge is -1.95. The molecule has 8 heteroatoms. The van der Waals surface area contributed by atoms with Gasteiger partial charge in [0.25, 0.3) is 0 Å². The van der Waals surface area contributed by atoms with Crippen LogP contribution in [-0.4, -0.2) is 23.6 Å². The highest BCUT2D eigenvalue weighted by atomic mass is 32.2. The number of rotatable bonds is 6. The number of halogens is 3. The van der Waals surface area contributed by atoms with E-state index in [4.69, 9.17) is 0 Å². The third-order valence-electron chi connectivity index (χ3n) is 1.82. The lowest BCUT2D eigenvalue weighted by molar-refractivity contribution is 0.213. The number of nitrogens with zero attached hydrogens (tertiary/aromatic N) is 2. The van der Waals surface area contributed by atoms with Gasteiger partial charge in [0.05, 0.1) is 10.6 Å². The highest BCUT2D eigenvalue weighted by Crippen LogP contribution is 2.27. The van der Waals surface area contributed by atoms with Crippen molar-refractivity contribution in [3.05, 3.63) is 23.0 Å². The summed E-state index contributed by atoms with van der Waals surface area (Å²) in [5.41, 5.74) is 0.683. The number of aromatic nitrogens is 1. The molecule has 0 spiro atoms. The summed E-state index contributed by atoms with van der Waals surface area (Å²) in [6, 6.07) is 0. The van der Waals surface area contributed by atoms with Gasteiger partial charge in [0.2, 0.25) is 0 Å². The van der Waals surface area contributed by atoms with E-state index in [2.05, 4.69) is 15.0 Å². The monoisotopic (exact) mass is 296 g/mol. The molecule has 100 valence electrons. The van der Waals surface area contributed by atoms with Crippen LogP contribution in [0.15, 0.2) is 27.6 Å². The standard InChI is InChI=1S/C10H11F3N2OS2/c1-6(15-16-2)8-5-14-10(18-8)17-4-3-7(11)9(12)13/h5H,3-4H2,1-2H3/b15-6-. The zero-order valence-corrected chi connectivity index (χ0v) is 11.4. The molecule has 0 bridgehead atoms. The smallest absolute Gasteiger partial charge is 0.301 e. The normalized spacial score (nSPS) is 11.5. The largest absolute Gasteiger partial charge is 0.399 e. The molecule has 1 aromatic heterocycles. The number of oxime groups is 1. The van der Waals surface area contributed by atoms with Gasteiger partial charge in [0.1, 0.15) is 11.4 Å². The Morgan fingerprint density at radius 2 is 2.22 bits per heavy atom. The molecule has 1 rings (SSSR count). The predicted molar refractivity (Wildman–Crippen MR) is 67.0 cm³/mol. The van der Waals surface area contributed by atoms with Crippen LogP contribution in [0.4, 0.5) is 13.2 Å². The van der Waals surface area contributed by atoms with Crippen molar-refractivity contribution in [2.45, 2.75) is 17.7 Å². The topological polar surface area (TPSA) is 34.5 Å². The lowest BCUT2D eigenvalue weighted by atomic mass is 10.4. The first-order chi connectivity index (χ1) is 8.54. The van der Waals surface area contributed by atoms with Crippen molar-refractivity contribution in [2.75, 3.05) is 12.9 Å². The first-order valence-electron chi connectivity index (χ1n) is 4.91. The Hall–Kier alpha value is -1.02. The molecule has 0 aliphatic carbocycles. The van der Waals surface area contributed by atoms with Crippen molar-refractivity contribution < 1.29 is 18.0 Å². The zero-order valence-electron chi connectivity index (χ0n) is 9.74. The number of hydrogen-bond donors (Lipinski definition) is 0. The highest BCUT2D eigenvalue weighted by molar-refractivity contribution is 8.01. The number of hydrogen-bond acceptors (Lipinski definition) is 5. The first kappa shape index (κ1) is 15.0. The van der Waals surface area contributed by atoms with Crippen LogP contribution in [0.25, 0.3) is 0 Å². The van der Waals surface area contributed by atoms with Crippen molar-refractivity contribution in [1.29, 1.82) is 0 Å². The van der Waals surface area contributed by atoms with Crippen LogP contribution in [0.3, 0.4) is 0 Å². The van der Waals surface area contributed by atoms with E-state index >= 15 is 0 Å². The minimum Gasteiger partial charge on any atom is -0.399 e. The van der Waals surface area contributed by atoms with Crippen molar-refractivity contribution in [3.63, 3.8) is 0 Å². The molecule has 0 saturated carbocycles. The summed E-state index contributed by atoms with van der Waals surface area (Å²) in [6.07, 6.45) is -0.932. The molecule has 0 saturated heterocycles. The van der Waals surface area contributed by atoms with E-state index < -0.39 is 11.9 Å². The first-order valence-corrected chi connectivity index (χ1v) is 6.71. The predicted octanol–water partition coefficient (Wildman–Crippen LogP) is 4.07. The van der Waals surface area contributed by atoms with Gasteiger partial charge in [-0.1, -0.05) is 16.9 Å². The fraction of sp³-hybridized carbons (Fsp3) is 0.400. The summed E-state index contributed by atoms with van der Waals surface area (Å²) in [6.45, 7) is 1.77. The zero-order chi connectivity index (χ0) is 13.5. The Labute approximate surface area is 111 Å². The molecule has 0 radical (unpaired) electrons. The molecule has 3 nitrogen and oxygen atoms in total. The van der Waals surface area contributed by atoms with Gasteiger partial charge in [0.15, 0.2) is 5.83 Å². The minimum absolute atomic E-state index is 0.219. The second-order valence-electron chi connectivity index (χ2n) is 3.11. The van der Waals surface area contributed by atoms with Crippen LogP contribution in [0, 0.1) is 0 Å². The molecule has 0 atom stereocenters. The van der Waals surface area contributed by atoms with E-state index in [0.29, 0.717) is 10.1 Å². The van der Waals surface area contributed by atoms with E-state index in [0.717, 1.165) is 4.88 Å². The van der Waals surface area contributed by atoms with Crippen molar-refractivity contribution in [3.8, 4) is 0 Å². The maximum Gasteiger partial charge on any atom is 0.301 e. The molecular weight excluding hydrogens is 285 g/mol. The van der Waals surface area contributed by atoms with Crippen LogP contribution in [0.2, 0.25) is 0 Å². The van der Waals surface area contributed by atoms with Crippen molar-refractivity contribution in [2.24, 2.45) is 5.16 Å². The van der Waals surface area contributed by atoms with Gasteiger partial charge < -0.3 is 4.84 Å². The Bertz CT molecular complexity index is 456. The third-order valence-corrected chi connectivity index (χ3v) is 4.09. The van der Waals surface area contributed by atoms with Gasteiger partial charge >= 0.3 is 6.08 Å². The summed E-state index contributed by atoms with van der Waals surface area (Å²) < 4.78 is 36.8. The molecule has 1 heterocycles. The summed E-state index contributed by atoms with van der Waals surface area (Å²) in [5, 5.41) is 3.75. The van der Waals surface area contributed by atoms with Crippen LogP contribution in [-0.2, 0) is 4.84 Å². The molecule has 0 unspecified atom stereocenters. The van der Waals surface area contributed by atoms with Gasteiger partial charge in [-0.3, -0.25) is 0 Å². The van der Waals surface area contributed by atoms with Gasteiger partial charge in [-0.15, -0.1) is 11.3 Å². The molecule has 0 aromatic carbocycles. The second kappa shape index (κ2) is 7.42. The second-order valence-corrected chi connectivity index (χ2v) is 5.49. The number of thioether (sulfide) groups is 1. The van der Waals surface area contributed by atoms with E-state index in [1.165, 1.54) is 30.2 Å². The van der Waals surface area contributed by atoms with Gasteiger partial charge in [0, 0.05) is 18.4 Å². The van der Waals surface area contributed by atoms with E-state index in [-0.39, 0.29) is 12.2 Å². The summed E-state index contributed by atoms with van der Waals surface area (Å²) >= 11 is 2.58. The average Bonchev–Trinajstić information content (AvgIpc) is 2.78.